The molecule has 2 aromatic rings. The van der Waals surface area contributed by atoms with Gasteiger partial charge in [-0.2, -0.15) is 15.0 Å². The van der Waals surface area contributed by atoms with E-state index in [0.717, 1.165) is 5.56 Å². The van der Waals surface area contributed by atoms with Gasteiger partial charge in [0.2, 0.25) is 17.8 Å². The van der Waals surface area contributed by atoms with Crippen molar-refractivity contribution in [2.24, 2.45) is 0 Å². The number of rotatable bonds is 6. The predicted octanol–water partition coefficient (Wildman–Crippen LogP) is 0.938. The molecule has 2 heterocycles. The normalized spacial score (nSPS) is 9.95. The van der Waals surface area contributed by atoms with Gasteiger partial charge >= 0.3 is 6.01 Å². The summed E-state index contributed by atoms with van der Waals surface area (Å²) in [4.78, 5) is 16.4. The smallest absolute Gasteiger partial charge is 0.322 e. The molecule has 0 aliphatic rings. The highest BCUT2D eigenvalue weighted by Gasteiger charge is 2.05. The van der Waals surface area contributed by atoms with Crippen molar-refractivity contribution in [3.63, 3.8) is 0 Å². The maximum absolute atomic E-state index is 5.07. The summed E-state index contributed by atoms with van der Waals surface area (Å²) in [5.41, 5.74) is 1.00. The van der Waals surface area contributed by atoms with Gasteiger partial charge in [-0.1, -0.05) is 0 Å². The van der Waals surface area contributed by atoms with Crippen molar-refractivity contribution in [3.8, 4) is 11.9 Å². The van der Waals surface area contributed by atoms with Crippen LogP contribution in [0.15, 0.2) is 18.3 Å². The number of methoxy groups -OCH3 is 2. The summed E-state index contributed by atoms with van der Waals surface area (Å²) >= 11 is 0. The van der Waals surface area contributed by atoms with Crippen LogP contribution >= 0.6 is 0 Å². The molecule has 2 rings (SSSR count). The van der Waals surface area contributed by atoms with Crippen molar-refractivity contribution in [2.75, 3.05) is 31.9 Å². The van der Waals surface area contributed by atoms with E-state index in [1.54, 1.807) is 20.4 Å². The van der Waals surface area contributed by atoms with Crippen LogP contribution in [0.5, 0.6) is 11.9 Å². The summed E-state index contributed by atoms with van der Waals surface area (Å²) in [7, 11) is 4.81. The maximum Gasteiger partial charge on any atom is 0.322 e. The summed E-state index contributed by atoms with van der Waals surface area (Å²) in [5, 5.41) is 5.94. The van der Waals surface area contributed by atoms with Crippen LogP contribution in [0, 0.1) is 0 Å². The van der Waals surface area contributed by atoms with E-state index in [4.69, 9.17) is 9.47 Å². The second-order valence-electron chi connectivity index (χ2n) is 3.78. The molecule has 0 saturated carbocycles. The number of hydrogen-bond donors (Lipinski definition) is 2. The minimum Gasteiger partial charge on any atom is -0.481 e. The molecular formula is C12H16N6O2. The monoisotopic (exact) mass is 276 g/mol. The van der Waals surface area contributed by atoms with Gasteiger partial charge in [-0.3, -0.25) is 0 Å². The number of nitrogens with zero attached hydrogens (tertiary/aromatic N) is 4. The predicted molar refractivity (Wildman–Crippen MR) is 74.0 cm³/mol. The Balaban J connectivity index is 2.09. The average Bonchev–Trinajstić information content (AvgIpc) is 2.52. The van der Waals surface area contributed by atoms with Gasteiger partial charge in [-0.15, -0.1) is 0 Å². The Hall–Kier alpha value is -2.64. The zero-order valence-electron chi connectivity index (χ0n) is 11.5. The first-order valence-corrected chi connectivity index (χ1v) is 5.95. The summed E-state index contributed by atoms with van der Waals surface area (Å²) in [6.07, 6.45) is 1.68. The van der Waals surface area contributed by atoms with Crippen molar-refractivity contribution >= 4 is 11.9 Å². The maximum atomic E-state index is 5.07. The zero-order chi connectivity index (χ0) is 14.4. The van der Waals surface area contributed by atoms with E-state index in [2.05, 4.69) is 30.6 Å². The molecule has 8 nitrogen and oxygen atoms in total. The van der Waals surface area contributed by atoms with Gasteiger partial charge in [0.05, 0.1) is 14.2 Å². The summed E-state index contributed by atoms with van der Waals surface area (Å²) < 4.78 is 10.1. The van der Waals surface area contributed by atoms with E-state index in [0.29, 0.717) is 24.3 Å². The number of nitrogens with one attached hydrogen (secondary N) is 2. The molecule has 0 aromatic carbocycles. The summed E-state index contributed by atoms with van der Waals surface area (Å²) in [6, 6.07) is 3.97. The van der Waals surface area contributed by atoms with E-state index in [-0.39, 0.29) is 6.01 Å². The fourth-order valence-corrected chi connectivity index (χ4v) is 1.49. The largest absolute Gasteiger partial charge is 0.481 e. The first-order chi connectivity index (χ1) is 9.75. The highest BCUT2D eigenvalue weighted by molar-refractivity contribution is 5.36. The van der Waals surface area contributed by atoms with E-state index in [9.17, 15) is 0 Å². The molecule has 0 saturated heterocycles. The van der Waals surface area contributed by atoms with Gasteiger partial charge in [0.1, 0.15) is 0 Å². The topological polar surface area (TPSA) is 94.1 Å². The molecule has 0 spiro atoms. The molecule has 0 amide bonds. The van der Waals surface area contributed by atoms with E-state index < -0.39 is 0 Å². The second kappa shape index (κ2) is 6.50. The van der Waals surface area contributed by atoms with Gasteiger partial charge in [0.25, 0.3) is 0 Å². The van der Waals surface area contributed by atoms with Crippen molar-refractivity contribution in [1.29, 1.82) is 0 Å². The molecule has 0 radical (unpaired) electrons. The van der Waals surface area contributed by atoms with Crippen LogP contribution in [0.25, 0.3) is 0 Å². The van der Waals surface area contributed by atoms with Gasteiger partial charge in [-0.05, 0) is 11.6 Å². The van der Waals surface area contributed by atoms with Crippen molar-refractivity contribution in [1.82, 2.24) is 19.9 Å². The third-order valence-corrected chi connectivity index (χ3v) is 2.48. The first-order valence-electron chi connectivity index (χ1n) is 5.95. The van der Waals surface area contributed by atoms with Crippen LogP contribution in [-0.2, 0) is 6.54 Å². The number of hydrogen-bond acceptors (Lipinski definition) is 8. The summed E-state index contributed by atoms with van der Waals surface area (Å²) in [6.45, 7) is 0.537. The van der Waals surface area contributed by atoms with E-state index >= 15 is 0 Å². The van der Waals surface area contributed by atoms with E-state index in [1.165, 1.54) is 7.11 Å². The standard InChI is InChI=1S/C12H16N6O2/c1-13-10-16-11(18-12(17-10)20-3)15-7-8-4-5-14-9(6-8)19-2/h4-6H,7H2,1-3H3,(H2,13,15,16,17,18). The number of ether oxygens (including phenoxy) is 2. The molecule has 0 unspecified atom stereocenters. The second-order valence-corrected chi connectivity index (χ2v) is 3.78. The zero-order valence-corrected chi connectivity index (χ0v) is 11.5. The molecule has 0 fully saturated rings. The molecular weight excluding hydrogens is 260 g/mol. The molecule has 2 aromatic heterocycles. The van der Waals surface area contributed by atoms with Gasteiger partial charge in [-0.25, -0.2) is 4.98 Å². The first kappa shape index (κ1) is 13.8. The fraction of sp³-hybridized carbons (Fsp3) is 0.333. The lowest BCUT2D eigenvalue weighted by Crippen LogP contribution is -2.08. The Morgan fingerprint density at radius 2 is 1.90 bits per heavy atom. The number of aromatic nitrogens is 4. The highest BCUT2D eigenvalue weighted by atomic mass is 16.5. The van der Waals surface area contributed by atoms with Crippen LogP contribution in [0.3, 0.4) is 0 Å². The van der Waals surface area contributed by atoms with Crippen LogP contribution in [0.2, 0.25) is 0 Å². The lowest BCUT2D eigenvalue weighted by Gasteiger charge is -2.08. The van der Waals surface area contributed by atoms with Crippen molar-refractivity contribution < 1.29 is 9.47 Å². The molecule has 0 aliphatic carbocycles. The quantitative estimate of drug-likeness (QED) is 0.805. The third kappa shape index (κ3) is 3.44. The van der Waals surface area contributed by atoms with Crippen molar-refractivity contribution in [3.05, 3.63) is 23.9 Å². The lowest BCUT2D eigenvalue weighted by molar-refractivity contribution is 0.379. The van der Waals surface area contributed by atoms with E-state index in [1.807, 2.05) is 12.1 Å². The fourth-order valence-electron chi connectivity index (χ4n) is 1.49. The van der Waals surface area contributed by atoms with Crippen LogP contribution < -0.4 is 20.1 Å². The van der Waals surface area contributed by atoms with Crippen LogP contribution in [0.4, 0.5) is 11.9 Å². The summed E-state index contributed by atoms with van der Waals surface area (Å²) in [5.74, 6) is 1.43. The Kier molecular flexibility index (Phi) is 4.48. The Labute approximate surface area is 116 Å². The molecule has 106 valence electrons. The minimum absolute atomic E-state index is 0.249. The lowest BCUT2D eigenvalue weighted by atomic mass is 10.2. The molecule has 0 atom stereocenters. The molecule has 20 heavy (non-hydrogen) atoms. The molecule has 0 bridgehead atoms. The minimum atomic E-state index is 0.249. The molecule has 2 N–H and O–H groups in total. The average molecular weight is 276 g/mol. The molecule has 0 aliphatic heterocycles. The third-order valence-electron chi connectivity index (χ3n) is 2.48. The number of anilines is 2. The SMILES string of the molecule is CNc1nc(NCc2ccnc(OC)c2)nc(OC)n1. The highest BCUT2D eigenvalue weighted by Crippen LogP contribution is 2.13. The van der Waals surface area contributed by atoms with Gasteiger partial charge < -0.3 is 20.1 Å². The number of pyridine rings is 1. The van der Waals surface area contributed by atoms with Crippen LogP contribution in [0.1, 0.15) is 5.56 Å². The van der Waals surface area contributed by atoms with Gasteiger partial charge in [0.15, 0.2) is 0 Å². The Morgan fingerprint density at radius 3 is 2.60 bits per heavy atom. The van der Waals surface area contributed by atoms with Crippen molar-refractivity contribution in [2.45, 2.75) is 6.54 Å². The van der Waals surface area contributed by atoms with Crippen LogP contribution in [-0.4, -0.2) is 41.2 Å². The Morgan fingerprint density at radius 1 is 1.10 bits per heavy atom. The van der Waals surface area contributed by atoms with Gasteiger partial charge in [0, 0.05) is 25.9 Å². The molecule has 8 heteroatoms. The Bertz CT molecular complexity index is 555.